The molecular weight excluding hydrogens is 308 g/mol. The van der Waals surface area contributed by atoms with Gasteiger partial charge >= 0.3 is 0 Å². The highest BCUT2D eigenvalue weighted by molar-refractivity contribution is 9.10. The largest absolute Gasteiger partial charge is 0.493 e. The smallest absolute Gasteiger partial charge is 0.127 e. The van der Waals surface area contributed by atoms with Gasteiger partial charge < -0.3 is 15.2 Å². The van der Waals surface area contributed by atoms with Crippen molar-refractivity contribution in [2.45, 2.75) is 19.1 Å². The van der Waals surface area contributed by atoms with Crippen molar-refractivity contribution < 1.29 is 9.47 Å². The Bertz CT molecular complexity index is 467. The SMILES string of the molecule is NCC1CN(Cc2cc(Br)cc3c2OCC3)CCO1. The molecule has 2 aliphatic heterocycles. The van der Waals surface area contributed by atoms with E-state index in [4.69, 9.17) is 15.2 Å². The zero-order valence-corrected chi connectivity index (χ0v) is 12.5. The molecule has 0 bridgehead atoms. The molecule has 1 unspecified atom stereocenters. The van der Waals surface area contributed by atoms with Crippen LogP contribution in [0.25, 0.3) is 0 Å². The van der Waals surface area contributed by atoms with Crippen molar-refractivity contribution in [2.75, 3.05) is 32.8 Å². The molecule has 5 heteroatoms. The summed E-state index contributed by atoms with van der Waals surface area (Å²) in [6.45, 7) is 4.91. The Morgan fingerprint density at radius 3 is 3.11 bits per heavy atom. The Morgan fingerprint density at radius 1 is 1.37 bits per heavy atom. The van der Waals surface area contributed by atoms with Crippen LogP contribution in [0.1, 0.15) is 11.1 Å². The lowest BCUT2D eigenvalue weighted by Crippen LogP contribution is -2.45. The van der Waals surface area contributed by atoms with Crippen molar-refractivity contribution in [3.05, 3.63) is 27.7 Å². The molecule has 0 aliphatic carbocycles. The second-order valence-corrected chi connectivity index (χ2v) is 6.03. The fraction of sp³-hybridized carbons (Fsp3) is 0.571. The summed E-state index contributed by atoms with van der Waals surface area (Å²) < 4.78 is 12.5. The normalized spacial score (nSPS) is 23.2. The van der Waals surface area contributed by atoms with Crippen LogP contribution in [0.4, 0.5) is 0 Å². The average Bonchev–Trinajstić information content (AvgIpc) is 2.87. The quantitative estimate of drug-likeness (QED) is 0.915. The highest BCUT2D eigenvalue weighted by atomic mass is 79.9. The molecule has 1 aromatic rings. The molecule has 3 rings (SSSR count). The zero-order valence-electron chi connectivity index (χ0n) is 10.9. The minimum atomic E-state index is 0.162. The lowest BCUT2D eigenvalue weighted by atomic mass is 10.1. The van der Waals surface area contributed by atoms with Gasteiger partial charge in [0.25, 0.3) is 0 Å². The maximum Gasteiger partial charge on any atom is 0.127 e. The predicted octanol–water partition coefficient (Wildman–Crippen LogP) is 1.54. The number of halogens is 1. The van der Waals surface area contributed by atoms with Gasteiger partial charge in [-0.05, 0) is 17.7 Å². The number of ether oxygens (including phenoxy) is 2. The molecule has 104 valence electrons. The minimum Gasteiger partial charge on any atom is -0.493 e. The Hall–Kier alpha value is -0.620. The van der Waals surface area contributed by atoms with Crippen LogP contribution < -0.4 is 10.5 Å². The third-order valence-electron chi connectivity index (χ3n) is 3.71. The predicted molar refractivity (Wildman–Crippen MR) is 77.4 cm³/mol. The van der Waals surface area contributed by atoms with Crippen molar-refractivity contribution in [3.8, 4) is 5.75 Å². The number of morpholine rings is 1. The van der Waals surface area contributed by atoms with E-state index in [9.17, 15) is 0 Å². The van der Waals surface area contributed by atoms with E-state index in [-0.39, 0.29) is 6.10 Å². The molecule has 1 aromatic carbocycles. The third kappa shape index (κ3) is 2.94. The molecule has 0 saturated carbocycles. The first kappa shape index (κ1) is 13.4. The van der Waals surface area contributed by atoms with Crippen LogP contribution in [0.2, 0.25) is 0 Å². The van der Waals surface area contributed by atoms with E-state index in [0.717, 1.165) is 49.5 Å². The van der Waals surface area contributed by atoms with E-state index in [2.05, 4.69) is 33.0 Å². The summed E-state index contributed by atoms with van der Waals surface area (Å²) in [6, 6.07) is 4.32. The number of hydrogen-bond donors (Lipinski definition) is 1. The van der Waals surface area contributed by atoms with E-state index in [1.165, 1.54) is 11.1 Å². The number of fused-ring (bicyclic) bond motifs is 1. The Labute approximate surface area is 122 Å². The first-order valence-corrected chi connectivity index (χ1v) is 7.53. The van der Waals surface area contributed by atoms with E-state index in [1.54, 1.807) is 0 Å². The van der Waals surface area contributed by atoms with E-state index >= 15 is 0 Å². The molecule has 0 aromatic heterocycles. The van der Waals surface area contributed by atoms with Crippen LogP contribution >= 0.6 is 15.9 Å². The standard InChI is InChI=1S/C14H19BrN2O2/c15-12-5-10-1-3-19-14(10)11(6-12)8-17-2-4-18-13(7-16)9-17/h5-6,13H,1-4,7-9,16H2. The van der Waals surface area contributed by atoms with Gasteiger partial charge in [-0.3, -0.25) is 4.90 Å². The molecular formula is C14H19BrN2O2. The second kappa shape index (κ2) is 5.79. The maximum absolute atomic E-state index is 5.78. The Balaban J connectivity index is 1.76. The van der Waals surface area contributed by atoms with Crippen LogP contribution in [0.15, 0.2) is 16.6 Å². The fourth-order valence-corrected chi connectivity index (χ4v) is 3.32. The summed E-state index contributed by atoms with van der Waals surface area (Å²) >= 11 is 3.59. The summed E-state index contributed by atoms with van der Waals surface area (Å²) in [4.78, 5) is 2.39. The molecule has 19 heavy (non-hydrogen) atoms. The van der Waals surface area contributed by atoms with Gasteiger partial charge in [-0.25, -0.2) is 0 Å². The van der Waals surface area contributed by atoms with Crippen LogP contribution in [-0.4, -0.2) is 43.9 Å². The van der Waals surface area contributed by atoms with Crippen molar-refractivity contribution in [1.29, 1.82) is 0 Å². The molecule has 2 N–H and O–H groups in total. The highest BCUT2D eigenvalue weighted by Crippen LogP contribution is 2.33. The average molecular weight is 327 g/mol. The van der Waals surface area contributed by atoms with E-state index in [0.29, 0.717) is 6.54 Å². The van der Waals surface area contributed by atoms with E-state index < -0.39 is 0 Å². The summed E-state index contributed by atoms with van der Waals surface area (Å²) in [5, 5.41) is 0. The lowest BCUT2D eigenvalue weighted by molar-refractivity contribution is -0.0262. The molecule has 2 aliphatic rings. The van der Waals surface area contributed by atoms with Gasteiger partial charge in [0.15, 0.2) is 0 Å². The van der Waals surface area contributed by atoms with Crippen molar-refractivity contribution in [3.63, 3.8) is 0 Å². The summed E-state index contributed by atoms with van der Waals surface area (Å²) in [6.07, 6.45) is 1.17. The summed E-state index contributed by atoms with van der Waals surface area (Å²) in [5.74, 6) is 1.08. The van der Waals surface area contributed by atoms with Crippen LogP contribution in [-0.2, 0) is 17.7 Å². The lowest BCUT2D eigenvalue weighted by Gasteiger charge is -2.32. The molecule has 0 amide bonds. The van der Waals surface area contributed by atoms with Crippen molar-refractivity contribution in [1.82, 2.24) is 4.90 Å². The number of nitrogens with two attached hydrogens (primary N) is 1. The van der Waals surface area contributed by atoms with Crippen molar-refractivity contribution in [2.24, 2.45) is 5.73 Å². The first-order chi connectivity index (χ1) is 9.26. The van der Waals surface area contributed by atoms with Gasteiger partial charge in [-0.15, -0.1) is 0 Å². The van der Waals surface area contributed by atoms with Gasteiger partial charge in [0.1, 0.15) is 5.75 Å². The monoisotopic (exact) mass is 326 g/mol. The molecule has 4 nitrogen and oxygen atoms in total. The molecule has 0 spiro atoms. The van der Waals surface area contributed by atoms with Crippen LogP contribution in [0.5, 0.6) is 5.75 Å². The van der Waals surface area contributed by atoms with Crippen molar-refractivity contribution >= 4 is 15.9 Å². The van der Waals surface area contributed by atoms with E-state index in [1.807, 2.05) is 0 Å². The maximum atomic E-state index is 5.78. The fourth-order valence-electron chi connectivity index (χ4n) is 2.77. The third-order valence-corrected chi connectivity index (χ3v) is 4.16. The van der Waals surface area contributed by atoms with Gasteiger partial charge in [0, 0.05) is 42.6 Å². The Kier molecular flexibility index (Phi) is 4.07. The zero-order chi connectivity index (χ0) is 13.2. The van der Waals surface area contributed by atoms with Crippen LogP contribution in [0, 0.1) is 0 Å². The van der Waals surface area contributed by atoms with Gasteiger partial charge in [-0.1, -0.05) is 15.9 Å². The molecule has 1 fully saturated rings. The number of hydrogen-bond acceptors (Lipinski definition) is 4. The molecule has 1 atom stereocenters. The first-order valence-electron chi connectivity index (χ1n) is 6.74. The minimum absolute atomic E-state index is 0.162. The molecule has 0 radical (unpaired) electrons. The number of benzene rings is 1. The number of nitrogens with zero attached hydrogens (tertiary/aromatic N) is 1. The Morgan fingerprint density at radius 2 is 2.26 bits per heavy atom. The topological polar surface area (TPSA) is 47.7 Å². The van der Waals surface area contributed by atoms with Gasteiger partial charge in [0.05, 0.1) is 19.3 Å². The number of rotatable bonds is 3. The second-order valence-electron chi connectivity index (χ2n) is 5.12. The summed E-state index contributed by atoms with van der Waals surface area (Å²) in [7, 11) is 0. The molecule has 2 heterocycles. The van der Waals surface area contributed by atoms with Crippen LogP contribution in [0.3, 0.4) is 0 Å². The van der Waals surface area contributed by atoms with Gasteiger partial charge in [0.2, 0.25) is 0 Å². The van der Waals surface area contributed by atoms with Gasteiger partial charge in [-0.2, -0.15) is 0 Å². The summed E-state index contributed by atoms with van der Waals surface area (Å²) in [5.41, 5.74) is 8.27. The highest BCUT2D eigenvalue weighted by Gasteiger charge is 2.23. The molecule has 1 saturated heterocycles.